The normalized spacial score (nSPS) is 18.8. The lowest BCUT2D eigenvalue weighted by atomic mass is 10.1. The summed E-state index contributed by atoms with van der Waals surface area (Å²) in [7, 11) is 0. The number of nitrogens with one attached hydrogen (secondary N) is 1. The molecule has 1 atom stereocenters. The van der Waals surface area contributed by atoms with Crippen LogP contribution in [0.15, 0.2) is 46.3 Å². The second-order valence-corrected chi connectivity index (χ2v) is 7.32. The first kappa shape index (κ1) is 15.6. The Bertz CT molecular complexity index is 629. The highest BCUT2D eigenvalue weighted by Gasteiger charge is 2.27. The van der Waals surface area contributed by atoms with Crippen molar-refractivity contribution in [2.24, 2.45) is 0 Å². The largest absolute Gasteiger partial charge is 0.322 e. The molecule has 0 aliphatic carbocycles. The zero-order chi connectivity index (χ0) is 15.4. The molecule has 3 nitrogen and oxygen atoms in total. The standard InChI is InChI=1S/C17H19BrN2OS/c18-13-7-3-4-8-14(13)19-17(21)20-11-5-1-2-9-15(20)16-10-6-12-22-16/h3-4,6-8,10,12,15H,1-2,5,9,11H2,(H,19,21)/t15-/m1/s1. The predicted octanol–water partition coefficient (Wildman–Crippen LogP) is 5.66. The number of para-hydroxylation sites is 1. The number of hydrogen-bond donors (Lipinski definition) is 1. The van der Waals surface area contributed by atoms with Gasteiger partial charge in [0, 0.05) is 15.9 Å². The van der Waals surface area contributed by atoms with Gasteiger partial charge in [-0.3, -0.25) is 0 Å². The Balaban J connectivity index is 1.80. The average molecular weight is 379 g/mol. The molecule has 2 amide bonds. The van der Waals surface area contributed by atoms with Crippen LogP contribution in [0.1, 0.15) is 36.6 Å². The Morgan fingerprint density at radius 2 is 2.05 bits per heavy atom. The van der Waals surface area contributed by atoms with E-state index >= 15 is 0 Å². The third kappa shape index (κ3) is 3.52. The van der Waals surface area contributed by atoms with Crippen molar-refractivity contribution >= 4 is 39.0 Å². The highest BCUT2D eigenvalue weighted by Crippen LogP contribution is 2.33. The van der Waals surface area contributed by atoms with Gasteiger partial charge in [0.1, 0.15) is 0 Å². The second-order valence-electron chi connectivity index (χ2n) is 5.48. The van der Waals surface area contributed by atoms with Crippen LogP contribution >= 0.6 is 27.3 Å². The number of likely N-dealkylation sites (tertiary alicyclic amines) is 1. The van der Waals surface area contributed by atoms with Crippen LogP contribution in [0.3, 0.4) is 0 Å². The van der Waals surface area contributed by atoms with Crippen LogP contribution in [-0.2, 0) is 0 Å². The topological polar surface area (TPSA) is 32.3 Å². The van der Waals surface area contributed by atoms with Crippen molar-refractivity contribution in [2.75, 3.05) is 11.9 Å². The second kappa shape index (κ2) is 7.29. The molecule has 2 aromatic rings. The molecule has 3 rings (SSSR count). The van der Waals surface area contributed by atoms with Crippen LogP contribution in [0.5, 0.6) is 0 Å². The number of thiophene rings is 1. The maximum atomic E-state index is 12.8. The first-order valence-corrected chi connectivity index (χ1v) is 9.28. The van der Waals surface area contributed by atoms with Crippen LogP contribution in [-0.4, -0.2) is 17.5 Å². The van der Waals surface area contributed by atoms with Gasteiger partial charge in [-0.15, -0.1) is 11.3 Å². The number of benzene rings is 1. The fourth-order valence-corrected chi connectivity index (χ4v) is 4.14. The Kier molecular flexibility index (Phi) is 5.16. The highest BCUT2D eigenvalue weighted by atomic mass is 79.9. The molecule has 2 heterocycles. The van der Waals surface area contributed by atoms with Crippen molar-refractivity contribution in [3.63, 3.8) is 0 Å². The lowest BCUT2D eigenvalue weighted by molar-refractivity contribution is 0.190. The van der Waals surface area contributed by atoms with E-state index in [0.29, 0.717) is 0 Å². The van der Waals surface area contributed by atoms with Gasteiger partial charge >= 0.3 is 6.03 Å². The minimum atomic E-state index is -0.00722. The number of carbonyl (C=O) groups is 1. The Hall–Kier alpha value is -1.33. The van der Waals surface area contributed by atoms with E-state index < -0.39 is 0 Å². The van der Waals surface area contributed by atoms with Crippen molar-refractivity contribution in [2.45, 2.75) is 31.7 Å². The molecule has 1 fully saturated rings. The molecular weight excluding hydrogens is 360 g/mol. The molecule has 1 N–H and O–H groups in total. The molecule has 0 spiro atoms. The molecule has 0 radical (unpaired) electrons. The van der Waals surface area contributed by atoms with E-state index in [-0.39, 0.29) is 12.1 Å². The first-order valence-electron chi connectivity index (χ1n) is 7.61. The zero-order valence-corrected chi connectivity index (χ0v) is 14.7. The number of carbonyl (C=O) groups excluding carboxylic acids is 1. The Labute approximate surface area is 143 Å². The smallest absolute Gasteiger partial charge is 0.317 e. The third-order valence-corrected chi connectivity index (χ3v) is 5.67. The van der Waals surface area contributed by atoms with Gasteiger partial charge in [-0.25, -0.2) is 4.79 Å². The maximum absolute atomic E-state index is 12.8. The minimum absolute atomic E-state index is 0.00722. The number of hydrogen-bond acceptors (Lipinski definition) is 2. The molecule has 5 heteroatoms. The lowest BCUT2D eigenvalue weighted by Gasteiger charge is -2.29. The number of halogens is 1. The quantitative estimate of drug-likeness (QED) is 0.718. The third-order valence-electron chi connectivity index (χ3n) is 4.00. The van der Waals surface area contributed by atoms with Crippen molar-refractivity contribution in [1.82, 2.24) is 4.90 Å². The van der Waals surface area contributed by atoms with Gasteiger partial charge in [-0.2, -0.15) is 0 Å². The van der Waals surface area contributed by atoms with Gasteiger partial charge in [0.2, 0.25) is 0 Å². The summed E-state index contributed by atoms with van der Waals surface area (Å²) in [6.07, 6.45) is 4.50. The molecule has 0 saturated carbocycles. The molecule has 116 valence electrons. The van der Waals surface area contributed by atoms with Crippen LogP contribution in [0.25, 0.3) is 0 Å². The monoisotopic (exact) mass is 378 g/mol. The Morgan fingerprint density at radius 3 is 2.82 bits per heavy atom. The summed E-state index contributed by atoms with van der Waals surface area (Å²) in [5, 5.41) is 5.13. The number of nitrogens with zero attached hydrogens (tertiary/aromatic N) is 1. The summed E-state index contributed by atoms with van der Waals surface area (Å²) in [5.74, 6) is 0. The molecule has 1 aliphatic rings. The maximum Gasteiger partial charge on any atom is 0.322 e. The van der Waals surface area contributed by atoms with Gasteiger partial charge in [0.25, 0.3) is 0 Å². The van der Waals surface area contributed by atoms with E-state index in [1.165, 1.54) is 17.7 Å². The van der Waals surface area contributed by atoms with Gasteiger partial charge in [-0.1, -0.05) is 31.0 Å². The lowest BCUT2D eigenvalue weighted by Crippen LogP contribution is -2.37. The molecular formula is C17H19BrN2OS. The molecule has 1 aromatic heterocycles. The fourth-order valence-electron chi connectivity index (χ4n) is 2.88. The zero-order valence-electron chi connectivity index (χ0n) is 12.3. The molecule has 1 aromatic carbocycles. The van der Waals surface area contributed by atoms with Crippen LogP contribution in [0.2, 0.25) is 0 Å². The van der Waals surface area contributed by atoms with E-state index in [9.17, 15) is 4.79 Å². The van der Waals surface area contributed by atoms with E-state index in [4.69, 9.17) is 0 Å². The molecule has 0 bridgehead atoms. The van der Waals surface area contributed by atoms with E-state index in [2.05, 4.69) is 38.8 Å². The summed E-state index contributed by atoms with van der Waals surface area (Å²) in [6.45, 7) is 0.818. The van der Waals surface area contributed by atoms with Gasteiger partial charge in [-0.05, 0) is 52.4 Å². The molecule has 1 aliphatic heterocycles. The van der Waals surface area contributed by atoms with Crippen LogP contribution < -0.4 is 5.32 Å². The van der Waals surface area contributed by atoms with Crippen LogP contribution in [0.4, 0.5) is 10.5 Å². The van der Waals surface area contributed by atoms with E-state index in [1.807, 2.05) is 29.2 Å². The van der Waals surface area contributed by atoms with Crippen molar-refractivity contribution < 1.29 is 4.79 Å². The highest BCUT2D eigenvalue weighted by molar-refractivity contribution is 9.10. The predicted molar refractivity (Wildman–Crippen MR) is 95.4 cm³/mol. The van der Waals surface area contributed by atoms with Gasteiger partial charge in [0.05, 0.1) is 11.7 Å². The van der Waals surface area contributed by atoms with E-state index in [1.54, 1.807) is 11.3 Å². The number of rotatable bonds is 2. The number of anilines is 1. The van der Waals surface area contributed by atoms with Crippen molar-refractivity contribution in [1.29, 1.82) is 0 Å². The van der Waals surface area contributed by atoms with Gasteiger partial charge < -0.3 is 10.2 Å². The van der Waals surface area contributed by atoms with Crippen LogP contribution in [0, 0.1) is 0 Å². The summed E-state index contributed by atoms with van der Waals surface area (Å²) in [5.41, 5.74) is 0.821. The van der Waals surface area contributed by atoms with Crippen molar-refractivity contribution in [3.05, 3.63) is 51.1 Å². The summed E-state index contributed by atoms with van der Waals surface area (Å²) < 4.78 is 0.908. The first-order chi connectivity index (χ1) is 10.8. The SMILES string of the molecule is O=C(Nc1ccccc1Br)N1CCCCC[C@@H]1c1cccs1. The summed E-state index contributed by atoms with van der Waals surface area (Å²) in [4.78, 5) is 16.1. The number of amides is 2. The Morgan fingerprint density at radius 1 is 1.18 bits per heavy atom. The minimum Gasteiger partial charge on any atom is -0.317 e. The molecule has 0 unspecified atom stereocenters. The number of urea groups is 1. The fraction of sp³-hybridized carbons (Fsp3) is 0.353. The van der Waals surface area contributed by atoms with Crippen molar-refractivity contribution in [3.8, 4) is 0 Å². The molecule has 22 heavy (non-hydrogen) atoms. The van der Waals surface area contributed by atoms with E-state index in [0.717, 1.165) is 29.5 Å². The summed E-state index contributed by atoms with van der Waals surface area (Å²) in [6, 6.07) is 12.1. The summed E-state index contributed by atoms with van der Waals surface area (Å²) >= 11 is 5.23. The molecule has 1 saturated heterocycles. The van der Waals surface area contributed by atoms with Gasteiger partial charge in [0.15, 0.2) is 0 Å². The average Bonchev–Trinajstić information content (AvgIpc) is 2.94.